The SMILES string of the molecule is COc1cncc(NC(=O)c2cc(-c3cccc(Cl)c3)ncn2)c1. The highest BCUT2D eigenvalue weighted by molar-refractivity contribution is 6.30. The number of rotatable bonds is 4. The fraction of sp³-hybridized carbons (Fsp3) is 0.0588. The first-order valence-electron chi connectivity index (χ1n) is 7.04. The van der Waals surface area contributed by atoms with Gasteiger partial charge >= 0.3 is 0 Å². The van der Waals surface area contributed by atoms with E-state index in [0.717, 1.165) is 5.56 Å². The van der Waals surface area contributed by atoms with Crippen molar-refractivity contribution in [2.45, 2.75) is 0 Å². The topological polar surface area (TPSA) is 77.0 Å². The summed E-state index contributed by atoms with van der Waals surface area (Å²) in [7, 11) is 1.53. The molecule has 2 heterocycles. The number of pyridine rings is 1. The lowest BCUT2D eigenvalue weighted by Crippen LogP contribution is -2.14. The zero-order valence-corrected chi connectivity index (χ0v) is 13.5. The van der Waals surface area contributed by atoms with E-state index in [1.165, 1.54) is 19.6 Å². The number of hydrogen-bond acceptors (Lipinski definition) is 5. The lowest BCUT2D eigenvalue weighted by molar-refractivity contribution is 0.102. The molecule has 7 heteroatoms. The fourth-order valence-electron chi connectivity index (χ4n) is 2.08. The molecule has 1 amide bonds. The van der Waals surface area contributed by atoms with Gasteiger partial charge in [0.05, 0.1) is 30.9 Å². The Hall–Kier alpha value is -2.99. The summed E-state index contributed by atoms with van der Waals surface area (Å²) in [4.78, 5) is 24.6. The van der Waals surface area contributed by atoms with Crippen molar-refractivity contribution in [2.75, 3.05) is 12.4 Å². The molecule has 2 aromatic heterocycles. The van der Waals surface area contributed by atoms with E-state index in [2.05, 4.69) is 20.3 Å². The van der Waals surface area contributed by atoms with Crippen molar-refractivity contribution >= 4 is 23.2 Å². The lowest BCUT2D eigenvalue weighted by Gasteiger charge is -2.07. The highest BCUT2D eigenvalue weighted by atomic mass is 35.5. The van der Waals surface area contributed by atoms with Crippen LogP contribution in [0.3, 0.4) is 0 Å². The first-order valence-corrected chi connectivity index (χ1v) is 7.42. The van der Waals surface area contributed by atoms with E-state index in [4.69, 9.17) is 16.3 Å². The number of nitrogens with zero attached hydrogens (tertiary/aromatic N) is 3. The number of ether oxygens (including phenoxy) is 1. The van der Waals surface area contributed by atoms with Crippen molar-refractivity contribution in [3.63, 3.8) is 0 Å². The van der Waals surface area contributed by atoms with Gasteiger partial charge in [-0.3, -0.25) is 9.78 Å². The van der Waals surface area contributed by atoms with Crippen molar-refractivity contribution in [3.8, 4) is 17.0 Å². The number of amides is 1. The predicted octanol–water partition coefficient (Wildman–Crippen LogP) is 3.45. The van der Waals surface area contributed by atoms with E-state index in [1.807, 2.05) is 12.1 Å². The minimum atomic E-state index is -0.365. The summed E-state index contributed by atoms with van der Waals surface area (Å²) in [6, 6.07) is 10.5. The average Bonchev–Trinajstić information content (AvgIpc) is 2.62. The number of methoxy groups -OCH3 is 1. The Kier molecular flexibility index (Phi) is 4.67. The van der Waals surface area contributed by atoms with Crippen molar-refractivity contribution in [1.82, 2.24) is 15.0 Å². The molecule has 0 unspecified atom stereocenters. The number of halogens is 1. The highest BCUT2D eigenvalue weighted by Gasteiger charge is 2.11. The summed E-state index contributed by atoms with van der Waals surface area (Å²) < 4.78 is 5.08. The van der Waals surface area contributed by atoms with Crippen LogP contribution in [0.1, 0.15) is 10.5 Å². The minimum absolute atomic E-state index is 0.239. The molecule has 0 saturated heterocycles. The summed E-state index contributed by atoms with van der Waals surface area (Å²) in [6.07, 6.45) is 4.42. The van der Waals surface area contributed by atoms with E-state index in [0.29, 0.717) is 22.2 Å². The molecule has 0 spiro atoms. The Morgan fingerprint density at radius 1 is 1.17 bits per heavy atom. The molecule has 0 aliphatic carbocycles. The molecule has 1 N–H and O–H groups in total. The molecule has 0 saturated carbocycles. The summed E-state index contributed by atoms with van der Waals surface area (Å²) >= 11 is 5.99. The number of carbonyl (C=O) groups excluding carboxylic acids is 1. The second kappa shape index (κ2) is 7.06. The van der Waals surface area contributed by atoms with Gasteiger partial charge in [-0.25, -0.2) is 9.97 Å². The van der Waals surface area contributed by atoms with Gasteiger partial charge < -0.3 is 10.1 Å². The van der Waals surface area contributed by atoms with Crippen LogP contribution >= 0.6 is 11.6 Å². The molecule has 0 bridgehead atoms. The van der Waals surface area contributed by atoms with Crippen LogP contribution in [0.25, 0.3) is 11.3 Å². The third-order valence-corrected chi connectivity index (χ3v) is 3.46. The maximum Gasteiger partial charge on any atom is 0.274 e. The van der Waals surface area contributed by atoms with Crippen LogP contribution in [0.5, 0.6) is 5.75 Å². The molecule has 6 nitrogen and oxygen atoms in total. The molecule has 24 heavy (non-hydrogen) atoms. The first-order chi connectivity index (χ1) is 11.7. The van der Waals surface area contributed by atoms with Gasteiger partial charge in [-0.15, -0.1) is 0 Å². The molecular formula is C17H13ClN4O2. The Morgan fingerprint density at radius 3 is 2.83 bits per heavy atom. The average molecular weight is 341 g/mol. The van der Waals surface area contributed by atoms with Gasteiger partial charge in [-0.05, 0) is 18.2 Å². The van der Waals surface area contributed by atoms with Gasteiger partial charge in [0.1, 0.15) is 17.8 Å². The number of hydrogen-bond donors (Lipinski definition) is 1. The smallest absolute Gasteiger partial charge is 0.274 e. The molecule has 0 aliphatic heterocycles. The third-order valence-electron chi connectivity index (χ3n) is 3.23. The number of anilines is 1. The molecule has 3 aromatic rings. The predicted molar refractivity (Wildman–Crippen MR) is 91.2 cm³/mol. The Bertz CT molecular complexity index is 886. The summed E-state index contributed by atoms with van der Waals surface area (Å²) in [5.41, 5.74) is 2.17. The maximum atomic E-state index is 12.4. The summed E-state index contributed by atoms with van der Waals surface area (Å²) in [5.74, 6) is 0.186. The summed E-state index contributed by atoms with van der Waals surface area (Å²) in [5, 5.41) is 3.32. The van der Waals surface area contributed by atoms with Crippen LogP contribution in [-0.4, -0.2) is 28.0 Å². The molecule has 3 rings (SSSR count). The van der Waals surface area contributed by atoms with Crippen molar-refractivity contribution < 1.29 is 9.53 Å². The zero-order chi connectivity index (χ0) is 16.9. The Balaban J connectivity index is 1.84. The van der Waals surface area contributed by atoms with E-state index in [1.54, 1.807) is 30.5 Å². The summed E-state index contributed by atoms with van der Waals surface area (Å²) in [6.45, 7) is 0. The van der Waals surface area contributed by atoms with Crippen LogP contribution < -0.4 is 10.1 Å². The molecule has 0 atom stereocenters. The lowest BCUT2D eigenvalue weighted by atomic mass is 10.1. The monoisotopic (exact) mass is 340 g/mol. The van der Waals surface area contributed by atoms with Gasteiger partial charge in [0.15, 0.2) is 0 Å². The van der Waals surface area contributed by atoms with Crippen molar-refractivity contribution in [2.24, 2.45) is 0 Å². The van der Waals surface area contributed by atoms with Gasteiger partial charge in [0.25, 0.3) is 5.91 Å². The number of benzene rings is 1. The molecule has 0 aliphatic rings. The fourth-order valence-corrected chi connectivity index (χ4v) is 2.27. The number of aromatic nitrogens is 3. The first kappa shape index (κ1) is 15.9. The Labute approximate surface area is 143 Å². The number of carbonyl (C=O) groups is 1. The van der Waals surface area contributed by atoms with E-state index in [-0.39, 0.29) is 11.6 Å². The van der Waals surface area contributed by atoms with Crippen LogP contribution in [-0.2, 0) is 0 Å². The van der Waals surface area contributed by atoms with Crippen LogP contribution in [0, 0.1) is 0 Å². The van der Waals surface area contributed by atoms with Gasteiger partial charge in [-0.1, -0.05) is 23.7 Å². The Morgan fingerprint density at radius 2 is 2.04 bits per heavy atom. The van der Waals surface area contributed by atoms with E-state index in [9.17, 15) is 4.79 Å². The van der Waals surface area contributed by atoms with Gasteiger partial charge in [0, 0.05) is 16.7 Å². The van der Waals surface area contributed by atoms with Crippen LogP contribution in [0.15, 0.2) is 55.1 Å². The molecule has 1 aromatic carbocycles. The third kappa shape index (κ3) is 3.67. The number of nitrogens with one attached hydrogen (secondary N) is 1. The second-order valence-corrected chi connectivity index (χ2v) is 5.30. The largest absolute Gasteiger partial charge is 0.495 e. The second-order valence-electron chi connectivity index (χ2n) is 4.87. The maximum absolute atomic E-state index is 12.4. The van der Waals surface area contributed by atoms with Gasteiger partial charge in [0.2, 0.25) is 0 Å². The standard InChI is InChI=1S/C17H13ClN4O2/c1-24-14-6-13(8-19-9-14)22-17(23)16-7-15(20-10-21-16)11-3-2-4-12(18)5-11/h2-10H,1H3,(H,22,23). The molecule has 0 fully saturated rings. The highest BCUT2D eigenvalue weighted by Crippen LogP contribution is 2.21. The molecular weight excluding hydrogens is 328 g/mol. The van der Waals surface area contributed by atoms with Crippen molar-refractivity contribution in [1.29, 1.82) is 0 Å². The van der Waals surface area contributed by atoms with Crippen LogP contribution in [0.2, 0.25) is 5.02 Å². The van der Waals surface area contributed by atoms with E-state index < -0.39 is 0 Å². The molecule has 120 valence electrons. The zero-order valence-electron chi connectivity index (χ0n) is 12.7. The van der Waals surface area contributed by atoms with Crippen molar-refractivity contribution in [3.05, 3.63) is 65.8 Å². The van der Waals surface area contributed by atoms with E-state index >= 15 is 0 Å². The quantitative estimate of drug-likeness (QED) is 0.787. The minimum Gasteiger partial charge on any atom is -0.495 e. The van der Waals surface area contributed by atoms with Crippen LogP contribution in [0.4, 0.5) is 5.69 Å². The normalized spacial score (nSPS) is 10.2. The molecule has 0 radical (unpaired) electrons. The van der Waals surface area contributed by atoms with Gasteiger partial charge in [-0.2, -0.15) is 0 Å².